The topological polar surface area (TPSA) is 120 Å². The molecular weight excluding hydrogens is 553 g/mol. The average Bonchev–Trinajstić information content (AvgIpc) is 3.50. The largest absolute Gasteiger partial charge is 0.478 e. The number of ether oxygens (including phenoxy) is 1. The number of aromatic carboxylic acids is 1. The van der Waals surface area contributed by atoms with E-state index in [1.165, 1.54) is 41.6 Å². The van der Waals surface area contributed by atoms with E-state index in [2.05, 4.69) is 20.5 Å². The molecule has 1 amide bonds. The van der Waals surface area contributed by atoms with E-state index in [0.717, 1.165) is 5.39 Å². The minimum Gasteiger partial charge on any atom is -0.478 e. The number of amides is 1. The van der Waals surface area contributed by atoms with E-state index in [-0.39, 0.29) is 30.1 Å². The van der Waals surface area contributed by atoms with Crippen molar-refractivity contribution in [1.29, 1.82) is 0 Å². The summed E-state index contributed by atoms with van der Waals surface area (Å²) in [4.78, 5) is 34.8. The number of hydrogen-bond acceptors (Lipinski definition) is 8. The Balaban J connectivity index is 1.40. The van der Waals surface area contributed by atoms with Gasteiger partial charge in [0.2, 0.25) is 0 Å². The maximum Gasteiger partial charge on any atom is 0.433 e. The van der Waals surface area contributed by atoms with Crippen molar-refractivity contribution in [3.8, 4) is 0 Å². The van der Waals surface area contributed by atoms with Crippen LogP contribution < -0.4 is 5.43 Å². The fourth-order valence-electron chi connectivity index (χ4n) is 5.28. The van der Waals surface area contributed by atoms with E-state index in [1.54, 1.807) is 50.8 Å². The first kappa shape index (κ1) is 29.2. The molecule has 2 aromatic rings. The van der Waals surface area contributed by atoms with Gasteiger partial charge in [-0.15, -0.1) is 0 Å². The number of carboxylic acid groups (broad SMARTS) is 1. The number of aromatic nitrogens is 1. The third kappa shape index (κ3) is 5.87. The second-order valence-corrected chi connectivity index (χ2v) is 11.6. The minimum atomic E-state index is -4.58. The average molecular weight is 585 g/mol. The van der Waals surface area contributed by atoms with Gasteiger partial charge in [-0.25, -0.2) is 14.6 Å². The Morgan fingerprint density at radius 1 is 1.21 bits per heavy atom. The van der Waals surface area contributed by atoms with Crippen LogP contribution in [-0.4, -0.2) is 74.9 Å². The Hall–Kier alpha value is -4.26. The molecule has 42 heavy (non-hydrogen) atoms. The Morgan fingerprint density at radius 3 is 2.64 bits per heavy atom. The van der Waals surface area contributed by atoms with Crippen LogP contribution in [0.5, 0.6) is 0 Å². The number of likely N-dealkylation sites (tertiary alicyclic amines) is 1. The Kier molecular flexibility index (Phi) is 7.34. The van der Waals surface area contributed by atoms with E-state index in [9.17, 15) is 27.9 Å². The number of carbonyl (C=O) groups is 2. The lowest BCUT2D eigenvalue weighted by Gasteiger charge is -2.37. The number of fused-ring (bicyclic) bond motifs is 2. The molecule has 222 valence electrons. The summed E-state index contributed by atoms with van der Waals surface area (Å²) >= 11 is 0. The molecule has 1 aromatic heterocycles. The number of rotatable bonds is 5. The van der Waals surface area contributed by atoms with Gasteiger partial charge in [0.15, 0.2) is 11.5 Å². The molecule has 3 aliphatic heterocycles. The number of carbonyl (C=O) groups excluding carboxylic acids is 1. The number of alkyl halides is 3. The monoisotopic (exact) mass is 584 g/mol. The van der Waals surface area contributed by atoms with E-state index < -0.39 is 35.5 Å². The van der Waals surface area contributed by atoms with Crippen LogP contribution in [0, 0.1) is 5.92 Å². The van der Waals surface area contributed by atoms with E-state index >= 15 is 0 Å². The van der Waals surface area contributed by atoms with Gasteiger partial charge in [-0.3, -0.25) is 10.3 Å². The van der Waals surface area contributed by atoms with Crippen LogP contribution in [0.3, 0.4) is 0 Å². The molecule has 0 radical (unpaired) electrons. The van der Waals surface area contributed by atoms with Crippen molar-refractivity contribution in [2.45, 2.75) is 57.6 Å². The number of pyridine rings is 1. The first-order valence-electron chi connectivity index (χ1n) is 13.4. The molecule has 1 saturated heterocycles. The lowest BCUT2D eigenvalue weighted by Crippen LogP contribution is -2.50. The number of halogens is 3. The zero-order chi connectivity index (χ0) is 30.4. The lowest BCUT2D eigenvalue weighted by molar-refractivity contribution is -0.170. The SMILES string of the molecule is CC(C)(C)OC(=O)N=CC1CCN([C@@H](C2=CN3C(=NNC3(C)c3ccc4ccc(C(=O)O)cc4n3)C=C2)C(F)(F)F)C1. The van der Waals surface area contributed by atoms with Crippen molar-refractivity contribution < 1.29 is 32.6 Å². The highest BCUT2D eigenvalue weighted by Gasteiger charge is 2.49. The second kappa shape index (κ2) is 10.5. The third-order valence-electron chi connectivity index (χ3n) is 7.29. The first-order chi connectivity index (χ1) is 19.6. The normalized spacial score (nSPS) is 23.5. The summed E-state index contributed by atoms with van der Waals surface area (Å²) in [6.07, 6.45) is 0.785. The van der Waals surface area contributed by atoms with Crippen LogP contribution in [0.2, 0.25) is 0 Å². The van der Waals surface area contributed by atoms with E-state index in [0.29, 0.717) is 23.5 Å². The van der Waals surface area contributed by atoms with E-state index in [4.69, 9.17) is 4.74 Å². The summed E-state index contributed by atoms with van der Waals surface area (Å²) in [6.45, 7) is 7.09. The highest BCUT2D eigenvalue weighted by atomic mass is 19.4. The number of hydrogen-bond donors (Lipinski definition) is 2. The van der Waals surface area contributed by atoms with Crippen molar-refractivity contribution in [3.63, 3.8) is 0 Å². The van der Waals surface area contributed by atoms with Crippen molar-refractivity contribution in [2.75, 3.05) is 13.1 Å². The summed E-state index contributed by atoms with van der Waals surface area (Å²) in [6, 6.07) is 6.20. The highest BCUT2D eigenvalue weighted by Crippen LogP contribution is 2.38. The fraction of sp³-hybridized carbons (Fsp3) is 0.414. The quantitative estimate of drug-likeness (QED) is 0.470. The number of nitrogens with zero attached hydrogens (tertiary/aromatic N) is 5. The molecule has 13 heteroatoms. The smallest absolute Gasteiger partial charge is 0.433 e. The molecule has 0 aliphatic carbocycles. The van der Waals surface area contributed by atoms with Crippen molar-refractivity contribution in [3.05, 3.63) is 65.5 Å². The molecule has 0 saturated carbocycles. The summed E-state index contributed by atoms with van der Waals surface area (Å²) < 4.78 is 48.9. The number of nitrogens with one attached hydrogen (secondary N) is 1. The van der Waals surface area contributed by atoms with Gasteiger partial charge in [0, 0.05) is 30.3 Å². The predicted molar refractivity (Wildman–Crippen MR) is 150 cm³/mol. The summed E-state index contributed by atoms with van der Waals surface area (Å²) in [5, 5.41) is 14.4. The van der Waals surface area contributed by atoms with Crippen LogP contribution in [0.15, 0.2) is 64.4 Å². The number of carboxylic acids is 1. The van der Waals surface area contributed by atoms with Crippen LogP contribution in [0.25, 0.3) is 10.9 Å². The van der Waals surface area contributed by atoms with Gasteiger partial charge in [-0.2, -0.15) is 23.3 Å². The second-order valence-electron chi connectivity index (χ2n) is 11.6. The summed E-state index contributed by atoms with van der Waals surface area (Å²) in [7, 11) is 0. The van der Waals surface area contributed by atoms with Gasteiger partial charge >= 0.3 is 18.2 Å². The molecule has 1 aromatic carbocycles. The molecule has 4 heterocycles. The van der Waals surface area contributed by atoms with Crippen molar-refractivity contribution in [1.82, 2.24) is 20.2 Å². The number of aliphatic imine (C=N–C) groups is 1. The van der Waals surface area contributed by atoms with Gasteiger partial charge in [0.1, 0.15) is 11.6 Å². The fourth-order valence-corrected chi connectivity index (χ4v) is 5.28. The molecule has 5 rings (SSSR count). The molecule has 1 fully saturated rings. The first-order valence-corrected chi connectivity index (χ1v) is 13.4. The Labute approximate surface area is 240 Å². The maximum absolute atomic E-state index is 14.6. The molecule has 0 bridgehead atoms. The molecular formula is C29H31F3N6O4. The van der Waals surface area contributed by atoms with Gasteiger partial charge < -0.3 is 14.7 Å². The standard InChI is InChI=1S/C29H31F3N6O4/c1-27(2,3)42-26(41)33-14-17-11-12-37(15-17)24(29(30,31)32)20-8-10-23-35-36-28(4,38(23)16-20)22-9-7-18-5-6-19(25(39)40)13-21(18)34-22/h5-10,13-14,16-17,24,36H,11-12,15H2,1-4H3,(H,39,40)/t17?,24-,28?/m0/s1. The van der Waals surface area contributed by atoms with Gasteiger partial charge in [-0.1, -0.05) is 18.2 Å². The van der Waals surface area contributed by atoms with Crippen LogP contribution in [-0.2, 0) is 10.4 Å². The third-order valence-corrected chi connectivity index (χ3v) is 7.29. The molecule has 3 atom stereocenters. The van der Waals surface area contributed by atoms with Crippen molar-refractivity contribution >= 4 is 35.0 Å². The van der Waals surface area contributed by atoms with Crippen LogP contribution >= 0.6 is 0 Å². The van der Waals surface area contributed by atoms with E-state index in [1.807, 2.05) is 0 Å². The minimum absolute atomic E-state index is 0.0232. The van der Waals surface area contributed by atoms with Gasteiger partial charge in [0.05, 0.1) is 16.8 Å². The highest BCUT2D eigenvalue weighted by molar-refractivity contribution is 5.97. The molecule has 3 aliphatic rings. The molecule has 2 N–H and O–H groups in total. The van der Waals surface area contributed by atoms with Gasteiger partial charge in [-0.05, 0) is 70.5 Å². The summed E-state index contributed by atoms with van der Waals surface area (Å²) in [5.41, 5.74) is 2.12. The number of benzene rings is 1. The maximum atomic E-state index is 14.6. The Bertz CT molecular complexity index is 1540. The Morgan fingerprint density at radius 2 is 1.95 bits per heavy atom. The number of amidine groups is 1. The molecule has 10 nitrogen and oxygen atoms in total. The molecule has 2 unspecified atom stereocenters. The van der Waals surface area contributed by atoms with Crippen molar-refractivity contribution in [2.24, 2.45) is 16.0 Å². The summed E-state index contributed by atoms with van der Waals surface area (Å²) in [5.74, 6) is -1.02. The lowest BCUT2D eigenvalue weighted by atomic mass is 9.99. The predicted octanol–water partition coefficient (Wildman–Crippen LogP) is 5.04. The number of hydrazone groups is 1. The van der Waals surface area contributed by atoms with Crippen LogP contribution in [0.1, 0.15) is 50.2 Å². The zero-order valence-electron chi connectivity index (χ0n) is 23.5. The van der Waals surface area contributed by atoms with Gasteiger partial charge in [0.25, 0.3) is 0 Å². The molecule has 0 spiro atoms. The zero-order valence-corrected chi connectivity index (χ0v) is 23.5. The van der Waals surface area contributed by atoms with Crippen LogP contribution in [0.4, 0.5) is 18.0 Å².